The van der Waals surface area contributed by atoms with Gasteiger partial charge in [0.2, 0.25) is 0 Å². The summed E-state index contributed by atoms with van der Waals surface area (Å²) >= 11 is 0. The lowest BCUT2D eigenvalue weighted by Crippen LogP contribution is -2.42. The summed E-state index contributed by atoms with van der Waals surface area (Å²) in [5.74, 6) is 1.09. The molecule has 1 aliphatic rings. The maximum Gasteiger partial charge on any atom is 0.106 e. The summed E-state index contributed by atoms with van der Waals surface area (Å²) in [6.07, 6.45) is 2.94. The Labute approximate surface area is 126 Å². The van der Waals surface area contributed by atoms with Gasteiger partial charge < -0.3 is 14.6 Å². The first kappa shape index (κ1) is 14.5. The molecule has 2 unspecified atom stereocenters. The molecule has 0 spiro atoms. The molecule has 114 valence electrons. The summed E-state index contributed by atoms with van der Waals surface area (Å²) in [5, 5.41) is 3.68. The van der Waals surface area contributed by atoms with Gasteiger partial charge in [-0.3, -0.25) is 0 Å². The molecule has 4 nitrogen and oxygen atoms in total. The summed E-state index contributed by atoms with van der Waals surface area (Å²) in [4.78, 5) is 4.62. The highest BCUT2D eigenvalue weighted by Crippen LogP contribution is 2.19. The van der Waals surface area contributed by atoms with Crippen molar-refractivity contribution >= 4 is 11.0 Å². The highest BCUT2D eigenvalue weighted by Gasteiger charge is 2.23. The van der Waals surface area contributed by atoms with Crippen LogP contribution in [0.4, 0.5) is 0 Å². The molecule has 0 radical (unpaired) electrons. The summed E-state index contributed by atoms with van der Waals surface area (Å²) in [7, 11) is 0. The highest BCUT2D eigenvalue weighted by molar-refractivity contribution is 5.75. The molecule has 1 N–H and O–H groups in total. The van der Waals surface area contributed by atoms with Crippen molar-refractivity contribution in [1.29, 1.82) is 0 Å². The first-order valence-electron chi connectivity index (χ1n) is 7.94. The number of nitrogens with zero attached hydrogens (tertiary/aromatic N) is 2. The Bertz CT molecular complexity index is 597. The fourth-order valence-corrected chi connectivity index (χ4v) is 3.43. The van der Waals surface area contributed by atoms with Gasteiger partial charge in [-0.1, -0.05) is 12.1 Å². The molecule has 3 rings (SSSR count). The topological polar surface area (TPSA) is 39.1 Å². The number of aryl methyl sites for hydroxylation is 1. The van der Waals surface area contributed by atoms with Crippen molar-refractivity contribution in [3.8, 4) is 0 Å². The standard InChI is InChI=1S/C17H25N3O/c1-12-10-15(11-13(2)21-12)18-8-9-20-14(3)19-16-6-4-5-7-17(16)20/h4-7,12-13,15,18H,8-11H2,1-3H3. The van der Waals surface area contributed by atoms with Crippen LogP contribution < -0.4 is 5.32 Å². The van der Waals surface area contributed by atoms with Gasteiger partial charge in [0, 0.05) is 19.1 Å². The van der Waals surface area contributed by atoms with Crippen molar-refractivity contribution in [3.63, 3.8) is 0 Å². The minimum Gasteiger partial charge on any atom is -0.375 e. The number of rotatable bonds is 4. The number of benzene rings is 1. The van der Waals surface area contributed by atoms with Crippen LogP contribution in [-0.4, -0.2) is 34.3 Å². The van der Waals surface area contributed by atoms with Gasteiger partial charge in [0.05, 0.1) is 23.2 Å². The van der Waals surface area contributed by atoms with Gasteiger partial charge in [-0.15, -0.1) is 0 Å². The zero-order valence-corrected chi connectivity index (χ0v) is 13.2. The number of nitrogens with one attached hydrogen (secondary N) is 1. The van der Waals surface area contributed by atoms with Gasteiger partial charge in [-0.05, 0) is 45.7 Å². The lowest BCUT2D eigenvalue weighted by Gasteiger charge is -2.32. The molecule has 4 heteroatoms. The van der Waals surface area contributed by atoms with E-state index < -0.39 is 0 Å². The Kier molecular flexibility index (Phi) is 4.27. The molecule has 0 amide bonds. The molecule has 2 atom stereocenters. The van der Waals surface area contributed by atoms with Crippen molar-refractivity contribution in [2.75, 3.05) is 6.54 Å². The average Bonchev–Trinajstić information content (AvgIpc) is 2.74. The fraction of sp³-hybridized carbons (Fsp3) is 0.588. The zero-order chi connectivity index (χ0) is 14.8. The van der Waals surface area contributed by atoms with Crippen LogP contribution in [-0.2, 0) is 11.3 Å². The number of hydrogen-bond donors (Lipinski definition) is 1. The van der Waals surface area contributed by atoms with Crippen LogP contribution >= 0.6 is 0 Å². The molecular weight excluding hydrogens is 262 g/mol. The maximum atomic E-state index is 5.79. The van der Waals surface area contributed by atoms with E-state index in [1.807, 2.05) is 6.07 Å². The summed E-state index contributed by atoms with van der Waals surface area (Å²) in [5.41, 5.74) is 2.31. The van der Waals surface area contributed by atoms with Crippen LogP contribution in [0, 0.1) is 6.92 Å². The Morgan fingerprint density at radius 2 is 1.95 bits per heavy atom. The van der Waals surface area contributed by atoms with Crippen molar-refractivity contribution in [3.05, 3.63) is 30.1 Å². The quantitative estimate of drug-likeness (QED) is 0.940. The average molecular weight is 287 g/mol. The lowest BCUT2D eigenvalue weighted by atomic mass is 10.00. The molecule has 1 fully saturated rings. The van der Waals surface area contributed by atoms with E-state index in [0.717, 1.165) is 37.3 Å². The lowest BCUT2D eigenvalue weighted by molar-refractivity contribution is -0.0420. The molecule has 2 aromatic rings. The van der Waals surface area contributed by atoms with Crippen LogP contribution in [0.2, 0.25) is 0 Å². The first-order chi connectivity index (χ1) is 10.1. The van der Waals surface area contributed by atoms with Crippen LogP contribution in [0.25, 0.3) is 11.0 Å². The molecule has 0 aliphatic carbocycles. The molecule has 1 aromatic carbocycles. The largest absolute Gasteiger partial charge is 0.375 e. The van der Waals surface area contributed by atoms with Gasteiger partial charge in [0.15, 0.2) is 0 Å². The minimum absolute atomic E-state index is 0.363. The third-order valence-electron chi connectivity index (χ3n) is 4.31. The van der Waals surface area contributed by atoms with E-state index in [9.17, 15) is 0 Å². The van der Waals surface area contributed by atoms with E-state index in [4.69, 9.17) is 4.74 Å². The van der Waals surface area contributed by atoms with E-state index in [2.05, 4.69) is 53.8 Å². The van der Waals surface area contributed by atoms with Gasteiger partial charge in [-0.2, -0.15) is 0 Å². The number of ether oxygens (including phenoxy) is 1. The molecule has 1 saturated heterocycles. The second-order valence-corrected chi connectivity index (χ2v) is 6.18. The van der Waals surface area contributed by atoms with E-state index in [-0.39, 0.29) is 0 Å². The Morgan fingerprint density at radius 1 is 1.24 bits per heavy atom. The van der Waals surface area contributed by atoms with E-state index in [0.29, 0.717) is 18.2 Å². The molecule has 0 bridgehead atoms. The number of imidazole rings is 1. The second-order valence-electron chi connectivity index (χ2n) is 6.18. The minimum atomic E-state index is 0.363. The van der Waals surface area contributed by atoms with E-state index in [1.54, 1.807) is 0 Å². The molecule has 21 heavy (non-hydrogen) atoms. The predicted octanol–water partition coefficient (Wildman–Crippen LogP) is 2.89. The smallest absolute Gasteiger partial charge is 0.106 e. The van der Waals surface area contributed by atoms with E-state index in [1.165, 1.54) is 5.52 Å². The van der Waals surface area contributed by atoms with Crippen molar-refractivity contribution in [2.24, 2.45) is 0 Å². The zero-order valence-electron chi connectivity index (χ0n) is 13.2. The Hall–Kier alpha value is -1.39. The first-order valence-corrected chi connectivity index (χ1v) is 7.94. The van der Waals surface area contributed by atoms with Crippen LogP contribution in [0.3, 0.4) is 0 Å². The third-order valence-corrected chi connectivity index (χ3v) is 4.31. The molecule has 1 aliphatic heterocycles. The van der Waals surface area contributed by atoms with E-state index >= 15 is 0 Å². The van der Waals surface area contributed by atoms with Gasteiger partial charge >= 0.3 is 0 Å². The number of para-hydroxylation sites is 2. The summed E-state index contributed by atoms with van der Waals surface area (Å²) in [6.45, 7) is 8.35. The maximum absolute atomic E-state index is 5.79. The normalized spacial score (nSPS) is 26.3. The molecule has 1 aromatic heterocycles. The SMILES string of the molecule is Cc1nc2ccccc2n1CCNC1CC(C)OC(C)C1. The molecule has 0 saturated carbocycles. The molecule has 2 heterocycles. The van der Waals surface area contributed by atoms with Gasteiger partial charge in [0.25, 0.3) is 0 Å². The van der Waals surface area contributed by atoms with Crippen LogP contribution in [0.15, 0.2) is 24.3 Å². The monoisotopic (exact) mass is 287 g/mol. The van der Waals surface area contributed by atoms with Crippen molar-refractivity contribution < 1.29 is 4.74 Å². The molecular formula is C17H25N3O. The Morgan fingerprint density at radius 3 is 2.71 bits per heavy atom. The predicted molar refractivity (Wildman–Crippen MR) is 85.5 cm³/mol. The number of aromatic nitrogens is 2. The highest BCUT2D eigenvalue weighted by atomic mass is 16.5. The fourth-order valence-electron chi connectivity index (χ4n) is 3.43. The van der Waals surface area contributed by atoms with Crippen molar-refractivity contribution in [2.45, 2.75) is 58.4 Å². The van der Waals surface area contributed by atoms with Crippen LogP contribution in [0.1, 0.15) is 32.5 Å². The van der Waals surface area contributed by atoms with Gasteiger partial charge in [-0.25, -0.2) is 4.98 Å². The second kappa shape index (κ2) is 6.16. The summed E-state index contributed by atoms with van der Waals surface area (Å²) < 4.78 is 8.09. The number of fused-ring (bicyclic) bond motifs is 1. The van der Waals surface area contributed by atoms with Gasteiger partial charge in [0.1, 0.15) is 5.82 Å². The van der Waals surface area contributed by atoms with Crippen molar-refractivity contribution in [1.82, 2.24) is 14.9 Å². The van der Waals surface area contributed by atoms with Crippen LogP contribution in [0.5, 0.6) is 0 Å². The Balaban J connectivity index is 1.61. The summed E-state index contributed by atoms with van der Waals surface area (Å²) in [6, 6.07) is 8.92. The third kappa shape index (κ3) is 3.27. The number of hydrogen-bond acceptors (Lipinski definition) is 3.